The summed E-state index contributed by atoms with van der Waals surface area (Å²) in [4.78, 5) is 26.3. The molecule has 2 rings (SSSR count). The SMILES string of the molecule is CC(C)(C)CC(=O)C1CCN(c2ccccc2)C1=O. The van der Waals surface area contributed by atoms with Crippen LogP contribution in [0.1, 0.15) is 33.6 Å². The van der Waals surface area contributed by atoms with Crippen LogP contribution in [-0.4, -0.2) is 18.2 Å². The van der Waals surface area contributed by atoms with E-state index in [0.29, 0.717) is 19.4 Å². The third-order valence-corrected chi connectivity index (χ3v) is 3.37. The molecule has 0 bridgehead atoms. The first kappa shape index (κ1) is 13.8. The Labute approximate surface area is 114 Å². The number of ketones is 1. The predicted octanol–water partition coefficient (Wildman–Crippen LogP) is 3.04. The molecule has 0 aromatic heterocycles. The molecule has 1 atom stereocenters. The highest BCUT2D eigenvalue weighted by Gasteiger charge is 2.38. The van der Waals surface area contributed by atoms with Gasteiger partial charge in [0.05, 0.1) is 5.92 Å². The molecule has 19 heavy (non-hydrogen) atoms. The fourth-order valence-electron chi connectivity index (χ4n) is 2.49. The van der Waals surface area contributed by atoms with Gasteiger partial charge in [0.2, 0.25) is 5.91 Å². The van der Waals surface area contributed by atoms with E-state index in [1.165, 1.54) is 0 Å². The summed E-state index contributed by atoms with van der Waals surface area (Å²) >= 11 is 0. The van der Waals surface area contributed by atoms with E-state index in [0.717, 1.165) is 5.69 Å². The molecule has 3 heteroatoms. The summed E-state index contributed by atoms with van der Waals surface area (Å²) in [7, 11) is 0. The molecule has 1 fully saturated rings. The largest absolute Gasteiger partial charge is 0.312 e. The van der Waals surface area contributed by atoms with Crippen molar-refractivity contribution in [3.8, 4) is 0 Å². The molecule has 1 aromatic carbocycles. The van der Waals surface area contributed by atoms with E-state index in [1.807, 2.05) is 51.1 Å². The maximum atomic E-state index is 12.3. The van der Waals surface area contributed by atoms with E-state index in [1.54, 1.807) is 4.90 Å². The zero-order valence-corrected chi connectivity index (χ0v) is 11.8. The molecular weight excluding hydrogens is 238 g/mol. The van der Waals surface area contributed by atoms with Crippen LogP contribution in [0.2, 0.25) is 0 Å². The number of carbonyl (C=O) groups is 2. The van der Waals surface area contributed by atoms with Crippen molar-refractivity contribution in [2.45, 2.75) is 33.6 Å². The summed E-state index contributed by atoms with van der Waals surface area (Å²) in [6.07, 6.45) is 1.11. The summed E-state index contributed by atoms with van der Waals surface area (Å²) in [6, 6.07) is 9.56. The van der Waals surface area contributed by atoms with Crippen molar-refractivity contribution < 1.29 is 9.59 Å². The monoisotopic (exact) mass is 259 g/mol. The lowest BCUT2D eigenvalue weighted by molar-refractivity contribution is -0.131. The summed E-state index contributed by atoms with van der Waals surface area (Å²) in [5.41, 5.74) is 0.830. The van der Waals surface area contributed by atoms with E-state index in [-0.39, 0.29) is 17.1 Å². The molecule has 0 aliphatic carbocycles. The lowest BCUT2D eigenvalue weighted by atomic mass is 9.85. The van der Waals surface area contributed by atoms with Gasteiger partial charge in [0, 0.05) is 18.7 Å². The Morgan fingerprint density at radius 3 is 2.47 bits per heavy atom. The van der Waals surface area contributed by atoms with Crippen LogP contribution < -0.4 is 4.90 Å². The minimum atomic E-state index is -0.445. The van der Waals surface area contributed by atoms with E-state index in [4.69, 9.17) is 0 Å². The number of nitrogens with zero attached hydrogens (tertiary/aromatic N) is 1. The second-order valence-electron chi connectivity index (χ2n) is 6.37. The molecule has 1 saturated heterocycles. The number of hydrogen-bond donors (Lipinski definition) is 0. The molecule has 1 unspecified atom stereocenters. The molecule has 1 amide bonds. The average Bonchev–Trinajstić information content (AvgIpc) is 2.70. The number of rotatable bonds is 3. The molecule has 0 radical (unpaired) electrons. The molecule has 0 spiro atoms. The Balaban J connectivity index is 2.08. The third kappa shape index (κ3) is 3.22. The van der Waals surface area contributed by atoms with Gasteiger partial charge in [-0.1, -0.05) is 39.0 Å². The van der Waals surface area contributed by atoms with Crippen molar-refractivity contribution in [3.05, 3.63) is 30.3 Å². The van der Waals surface area contributed by atoms with Crippen LogP contribution in [0.15, 0.2) is 30.3 Å². The highest BCUT2D eigenvalue weighted by Crippen LogP contribution is 2.29. The van der Waals surface area contributed by atoms with Gasteiger partial charge in [-0.2, -0.15) is 0 Å². The molecule has 1 heterocycles. The Hall–Kier alpha value is -1.64. The van der Waals surface area contributed by atoms with Gasteiger partial charge in [-0.3, -0.25) is 9.59 Å². The molecule has 1 aromatic rings. The molecule has 1 aliphatic rings. The topological polar surface area (TPSA) is 37.4 Å². The quantitative estimate of drug-likeness (QED) is 0.782. The molecule has 0 saturated carbocycles. The minimum Gasteiger partial charge on any atom is -0.312 e. The number of benzene rings is 1. The Bertz CT molecular complexity index is 473. The molecular formula is C16H21NO2. The average molecular weight is 259 g/mol. The van der Waals surface area contributed by atoms with E-state index in [9.17, 15) is 9.59 Å². The number of anilines is 1. The summed E-state index contributed by atoms with van der Waals surface area (Å²) < 4.78 is 0. The minimum absolute atomic E-state index is 0.0412. The number of Topliss-reactive ketones (excluding diaryl/α,β-unsaturated/α-hetero) is 1. The van der Waals surface area contributed by atoms with Gasteiger partial charge in [0.25, 0.3) is 0 Å². The van der Waals surface area contributed by atoms with Gasteiger partial charge in [-0.25, -0.2) is 0 Å². The van der Waals surface area contributed by atoms with E-state index in [2.05, 4.69) is 0 Å². The van der Waals surface area contributed by atoms with Gasteiger partial charge in [-0.15, -0.1) is 0 Å². The van der Waals surface area contributed by atoms with Gasteiger partial charge >= 0.3 is 0 Å². The van der Waals surface area contributed by atoms with Gasteiger partial charge in [0.15, 0.2) is 0 Å². The molecule has 1 aliphatic heterocycles. The van der Waals surface area contributed by atoms with Crippen molar-refractivity contribution in [2.75, 3.05) is 11.4 Å². The third-order valence-electron chi connectivity index (χ3n) is 3.37. The van der Waals surface area contributed by atoms with Crippen molar-refractivity contribution >= 4 is 17.4 Å². The van der Waals surface area contributed by atoms with Gasteiger partial charge in [-0.05, 0) is 24.0 Å². The van der Waals surface area contributed by atoms with Crippen molar-refractivity contribution in [1.82, 2.24) is 0 Å². The van der Waals surface area contributed by atoms with Crippen LogP contribution in [0.25, 0.3) is 0 Å². The normalized spacial score (nSPS) is 19.8. The van der Waals surface area contributed by atoms with Crippen LogP contribution >= 0.6 is 0 Å². The smallest absolute Gasteiger partial charge is 0.237 e. The van der Waals surface area contributed by atoms with E-state index < -0.39 is 5.92 Å². The fourth-order valence-corrected chi connectivity index (χ4v) is 2.49. The predicted molar refractivity (Wildman–Crippen MR) is 76.0 cm³/mol. The fraction of sp³-hybridized carbons (Fsp3) is 0.500. The first-order valence-corrected chi connectivity index (χ1v) is 6.78. The first-order valence-electron chi connectivity index (χ1n) is 6.78. The Morgan fingerprint density at radius 1 is 1.26 bits per heavy atom. The van der Waals surface area contributed by atoms with Crippen LogP contribution in [0, 0.1) is 11.3 Å². The van der Waals surface area contributed by atoms with Crippen LogP contribution in [-0.2, 0) is 9.59 Å². The lowest BCUT2D eigenvalue weighted by Crippen LogP contribution is -2.31. The van der Waals surface area contributed by atoms with Crippen LogP contribution in [0.4, 0.5) is 5.69 Å². The number of hydrogen-bond acceptors (Lipinski definition) is 2. The maximum Gasteiger partial charge on any atom is 0.237 e. The van der Waals surface area contributed by atoms with Crippen LogP contribution in [0.5, 0.6) is 0 Å². The van der Waals surface area contributed by atoms with Gasteiger partial charge < -0.3 is 4.90 Å². The maximum absolute atomic E-state index is 12.3. The van der Waals surface area contributed by atoms with Crippen LogP contribution in [0.3, 0.4) is 0 Å². The van der Waals surface area contributed by atoms with Crippen molar-refractivity contribution in [1.29, 1.82) is 0 Å². The summed E-state index contributed by atoms with van der Waals surface area (Å²) in [5, 5.41) is 0. The first-order chi connectivity index (χ1) is 8.88. The van der Waals surface area contributed by atoms with Crippen molar-refractivity contribution in [3.63, 3.8) is 0 Å². The molecule has 0 N–H and O–H groups in total. The van der Waals surface area contributed by atoms with E-state index >= 15 is 0 Å². The number of para-hydroxylation sites is 1. The molecule has 102 valence electrons. The Morgan fingerprint density at radius 2 is 1.89 bits per heavy atom. The standard InChI is InChI=1S/C16H21NO2/c1-16(2,3)11-14(18)13-9-10-17(15(13)19)12-7-5-4-6-8-12/h4-8,13H,9-11H2,1-3H3. The Kier molecular flexibility index (Phi) is 3.74. The second-order valence-corrected chi connectivity index (χ2v) is 6.37. The summed E-state index contributed by atoms with van der Waals surface area (Å²) in [5.74, 6) is -0.407. The zero-order valence-electron chi connectivity index (χ0n) is 11.8. The lowest BCUT2D eigenvalue weighted by Gasteiger charge is -2.20. The van der Waals surface area contributed by atoms with Crippen molar-refractivity contribution in [2.24, 2.45) is 11.3 Å². The summed E-state index contributed by atoms with van der Waals surface area (Å²) in [6.45, 7) is 6.72. The number of amides is 1. The zero-order chi connectivity index (χ0) is 14.0. The second kappa shape index (κ2) is 5.16. The van der Waals surface area contributed by atoms with Gasteiger partial charge in [0.1, 0.15) is 5.78 Å². The highest BCUT2D eigenvalue weighted by atomic mass is 16.2. The molecule has 3 nitrogen and oxygen atoms in total. The highest BCUT2D eigenvalue weighted by molar-refractivity contribution is 6.10. The number of carbonyl (C=O) groups excluding carboxylic acids is 2.